The summed E-state index contributed by atoms with van der Waals surface area (Å²) in [6, 6.07) is 9.76. The fraction of sp³-hybridized carbons (Fsp3) is 0.533. The first-order valence-electron chi connectivity index (χ1n) is 6.59. The molecule has 17 heavy (non-hydrogen) atoms. The van der Waals surface area contributed by atoms with Gasteiger partial charge >= 0.3 is 0 Å². The third-order valence-corrected chi connectivity index (χ3v) is 3.81. The van der Waals surface area contributed by atoms with E-state index in [0.29, 0.717) is 5.78 Å². The van der Waals surface area contributed by atoms with E-state index in [2.05, 4.69) is 12.2 Å². The van der Waals surface area contributed by atoms with Crippen LogP contribution < -0.4 is 5.32 Å². The number of nitrogens with one attached hydrogen (secondary N) is 1. The van der Waals surface area contributed by atoms with Gasteiger partial charge in [-0.1, -0.05) is 43.7 Å². The predicted molar refractivity (Wildman–Crippen MR) is 70.2 cm³/mol. The van der Waals surface area contributed by atoms with Crippen LogP contribution in [0.2, 0.25) is 0 Å². The molecule has 1 heterocycles. The second kappa shape index (κ2) is 5.46. The number of rotatable bonds is 4. The average molecular weight is 231 g/mol. The first-order valence-corrected chi connectivity index (χ1v) is 6.59. The predicted octanol–water partition coefficient (Wildman–Crippen LogP) is 3.04. The van der Waals surface area contributed by atoms with Gasteiger partial charge in [-0.3, -0.25) is 4.79 Å². The molecule has 0 amide bonds. The van der Waals surface area contributed by atoms with E-state index in [4.69, 9.17) is 0 Å². The minimum Gasteiger partial charge on any atom is -0.317 e. The van der Waals surface area contributed by atoms with Gasteiger partial charge in [0.05, 0.1) is 0 Å². The molecule has 0 bridgehead atoms. The van der Waals surface area contributed by atoms with E-state index in [-0.39, 0.29) is 5.41 Å². The quantitative estimate of drug-likeness (QED) is 0.807. The molecule has 0 saturated carbocycles. The third kappa shape index (κ3) is 2.58. The Kier molecular flexibility index (Phi) is 3.95. The van der Waals surface area contributed by atoms with Gasteiger partial charge in [0.25, 0.3) is 0 Å². The van der Waals surface area contributed by atoms with Crippen molar-refractivity contribution < 1.29 is 4.79 Å². The van der Waals surface area contributed by atoms with Gasteiger partial charge in [-0.2, -0.15) is 0 Å². The van der Waals surface area contributed by atoms with E-state index in [1.165, 1.54) is 0 Å². The number of piperidine rings is 1. The topological polar surface area (TPSA) is 29.1 Å². The van der Waals surface area contributed by atoms with E-state index in [1.54, 1.807) is 0 Å². The van der Waals surface area contributed by atoms with E-state index < -0.39 is 0 Å². The normalized spacial score (nSPS) is 18.9. The number of benzene rings is 1. The van der Waals surface area contributed by atoms with Crippen molar-refractivity contribution in [1.82, 2.24) is 5.32 Å². The zero-order valence-corrected chi connectivity index (χ0v) is 10.5. The van der Waals surface area contributed by atoms with Crippen LogP contribution in [-0.4, -0.2) is 18.9 Å². The summed E-state index contributed by atoms with van der Waals surface area (Å²) in [5.41, 5.74) is 0.768. The molecule has 2 heteroatoms. The lowest BCUT2D eigenvalue weighted by Crippen LogP contribution is -2.42. The Hall–Kier alpha value is -1.15. The van der Waals surface area contributed by atoms with Crippen LogP contribution in [0.5, 0.6) is 0 Å². The minimum absolute atomic E-state index is 0.110. The van der Waals surface area contributed by atoms with Crippen LogP contribution in [-0.2, 0) is 0 Å². The Bertz CT molecular complexity index is 360. The van der Waals surface area contributed by atoms with Crippen LogP contribution >= 0.6 is 0 Å². The van der Waals surface area contributed by atoms with Crippen molar-refractivity contribution in [1.29, 1.82) is 0 Å². The Morgan fingerprint density at radius 1 is 1.24 bits per heavy atom. The number of hydrogen-bond acceptors (Lipinski definition) is 2. The summed E-state index contributed by atoms with van der Waals surface area (Å²) < 4.78 is 0. The lowest BCUT2D eigenvalue weighted by Gasteiger charge is -2.36. The maximum atomic E-state index is 12.7. The molecule has 1 aromatic carbocycles. The van der Waals surface area contributed by atoms with E-state index >= 15 is 0 Å². The molecule has 1 aliphatic rings. The molecule has 0 unspecified atom stereocenters. The van der Waals surface area contributed by atoms with Crippen molar-refractivity contribution in [2.24, 2.45) is 5.41 Å². The highest BCUT2D eigenvalue weighted by Gasteiger charge is 2.38. The van der Waals surface area contributed by atoms with E-state index in [0.717, 1.165) is 44.3 Å². The highest BCUT2D eigenvalue weighted by Crippen LogP contribution is 2.37. The minimum atomic E-state index is -0.110. The van der Waals surface area contributed by atoms with Crippen LogP contribution in [0.1, 0.15) is 43.0 Å². The molecule has 0 spiro atoms. The molecule has 1 fully saturated rings. The lowest BCUT2D eigenvalue weighted by molar-refractivity contribution is 0.0704. The van der Waals surface area contributed by atoms with E-state index in [1.807, 2.05) is 30.3 Å². The molecule has 0 atom stereocenters. The summed E-state index contributed by atoms with van der Waals surface area (Å²) in [6.07, 6.45) is 4.06. The Morgan fingerprint density at radius 2 is 1.88 bits per heavy atom. The molecule has 0 aromatic heterocycles. The monoisotopic (exact) mass is 231 g/mol. The third-order valence-electron chi connectivity index (χ3n) is 3.81. The van der Waals surface area contributed by atoms with Gasteiger partial charge in [0.2, 0.25) is 0 Å². The summed E-state index contributed by atoms with van der Waals surface area (Å²) in [7, 11) is 0. The summed E-state index contributed by atoms with van der Waals surface area (Å²) in [5, 5.41) is 3.35. The van der Waals surface area contributed by atoms with Gasteiger partial charge in [-0.15, -0.1) is 0 Å². The first kappa shape index (κ1) is 12.3. The molecular formula is C15H21NO. The zero-order chi connectivity index (χ0) is 12.1. The number of carbonyl (C=O) groups is 1. The first-order chi connectivity index (χ1) is 8.28. The second-order valence-electron chi connectivity index (χ2n) is 4.98. The van der Waals surface area contributed by atoms with Gasteiger partial charge in [-0.05, 0) is 32.4 Å². The Labute approximate surface area is 103 Å². The summed E-state index contributed by atoms with van der Waals surface area (Å²) >= 11 is 0. The standard InChI is InChI=1S/C15H21NO/c1-2-8-15(9-11-16-12-10-15)14(17)13-6-4-3-5-7-13/h3-7,16H,2,8-12H2,1H3. The van der Waals surface area contributed by atoms with Crippen molar-refractivity contribution >= 4 is 5.78 Å². The van der Waals surface area contributed by atoms with Gasteiger partial charge in [0.15, 0.2) is 5.78 Å². The fourth-order valence-corrected chi connectivity index (χ4v) is 2.87. The highest BCUT2D eigenvalue weighted by atomic mass is 16.1. The van der Waals surface area contributed by atoms with Crippen molar-refractivity contribution in [3.8, 4) is 0 Å². The maximum absolute atomic E-state index is 12.7. The molecule has 2 nitrogen and oxygen atoms in total. The number of hydrogen-bond donors (Lipinski definition) is 1. The molecule has 1 N–H and O–H groups in total. The molecule has 0 radical (unpaired) electrons. The van der Waals surface area contributed by atoms with Crippen molar-refractivity contribution in [3.63, 3.8) is 0 Å². The lowest BCUT2D eigenvalue weighted by atomic mass is 9.70. The molecule has 1 aromatic rings. The molecule has 0 aliphatic carbocycles. The van der Waals surface area contributed by atoms with Crippen LogP contribution in [0.4, 0.5) is 0 Å². The van der Waals surface area contributed by atoms with E-state index in [9.17, 15) is 4.79 Å². The molecule has 1 aliphatic heterocycles. The van der Waals surface area contributed by atoms with Gasteiger partial charge in [0, 0.05) is 11.0 Å². The summed E-state index contributed by atoms with van der Waals surface area (Å²) in [4.78, 5) is 12.7. The zero-order valence-electron chi connectivity index (χ0n) is 10.5. The second-order valence-corrected chi connectivity index (χ2v) is 4.98. The van der Waals surface area contributed by atoms with Crippen LogP contribution in [0.25, 0.3) is 0 Å². The Balaban J connectivity index is 2.24. The van der Waals surface area contributed by atoms with Crippen LogP contribution in [0.3, 0.4) is 0 Å². The van der Waals surface area contributed by atoms with Gasteiger partial charge in [-0.25, -0.2) is 0 Å². The number of carbonyl (C=O) groups excluding carboxylic acids is 1. The smallest absolute Gasteiger partial charge is 0.169 e. The van der Waals surface area contributed by atoms with Crippen molar-refractivity contribution in [2.45, 2.75) is 32.6 Å². The van der Waals surface area contributed by atoms with Crippen molar-refractivity contribution in [3.05, 3.63) is 35.9 Å². The van der Waals surface area contributed by atoms with Gasteiger partial charge in [0.1, 0.15) is 0 Å². The largest absolute Gasteiger partial charge is 0.317 e. The average Bonchev–Trinajstić information content (AvgIpc) is 2.40. The number of Topliss-reactive ketones (excluding diaryl/α,β-unsaturated/α-hetero) is 1. The summed E-state index contributed by atoms with van der Waals surface area (Å²) in [6.45, 7) is 4.11. The van der Waals surface area contributed by atoms with Crippen molar-refractivity contribution in [2.75, 3.05) is 13.1 Å². The molecule has 92 valence electrons. The molecule has 2 rings (SSSR count). The highest BCUT2D eigenvalue weighted by molar-refractivity contribution is 6.00. The molecule has 1 saturated heterocycles. The fourth-order valence-electron chi connectivity index (χ4n) is 2.87. The molecular weight excluding hydrogens is 210 g/mol. The maximum Gasteiger partial charge on any atom is 0.169 e. The SMILES string of the molecule is CCCC1(C(=O)c2ccccc2)CCNCC1. The summed E-state index contributed by atoms with van der Waals surface area (Å²) in [5.74, 6) is 0.349. The Morgan fingerprint density at radius 3 is 2.47 bits per heavy atom. The van der Waals surface area contributed by atoms with Crippen LogP contribution in [0, 0.1) is 5.41 Å². The van der Waals surface area contributed by atoms with Crippen LogP contribution in [0.15, 0.2) is 30.3 Å². The van der Waals surface area contributed by atoms with Gasteiger partial charge < -0.3 is 5.32 Å². The number of ketones is 1.